The third-order valence-corrected chi connectivity index (χ3v) is 4.67. The second kappa shape index (κ2) is 5.97. The summed E-state index contributed by atoms with van der Waals surface area (Å²) >= 11 is 0. The molecule has 0 radical (unpaired) electrons. The highest BCUT2D eigenvalue weighted by molar-refractivity contribution is 5.98. The minimum absolute atomic E-state index is 0.340. The van der Waals surface area contributed by atoms with Gasteiger partial charge in [0, 0.05) is 11.3 Å². The number of ketones is 1. The fourth-order valence-corrected chi connectivity index (χ4v) is 3.69. The summed E-state index contributed by atoms with van der Waals surface area (Å²) in [6, 6.07) is 18.9. The minimum Gasteiger partial charge on any atom is -0.469 e. The van der Waals surface area contributed by atoms with E-state index in [0.29, 0.717) is 0 Å². The van der Waals surface area contributed by atoms with Crippen molar-refractivity contribution in [3.05, 3.63) is 71.8 Å². The molecule has 0 aliphatic heterocycles. The van der Waals surface area contributed by atoms with Crippen LogP contribution in [-0.2, 0) is 19.7 Å². The molecule has 1 saturated carbocycles. The Labute approximate surface area is 134 Å². The van der Waals surface area contributed by atoms with Crippen molar-refractivity contribution in [3.63, 3.8) is 0 Å². The van der Waals surface area contributed by atoms with Crippen molar-refractivity contribution in [2.75, 3.05) is 13.7 Å². The highest BCUT2D eigenvalue weighted by Crippen LogP contribution is 2.64. The molecule has 0 heterocycles. The highest BCUT2D eigenvalue weighted by Gasteiger charge is 2.72. The number of methoxy groups -OCH3 is 1. The molecule has 4 heteroatoms. The van der Waals surface area contributed by atoms with Gasteiger partial charge in [-0.25, -0.2) is 0 Å². The van der Waals surface area contributed by atoms with E-state index in [1.807, 2.05) is 60.7 Å². The minimum atomic E-state index is -0.768. The molecule has 23 heavy (non-hydrogen) atoms. The molecule has 2 aromatic carbocycles. The van der Waals surface area contributed by atoms with Crippen LogP contribution in [-0.4, -0.2) is 30.6 Å². The SMILES string of the molecule is COC(=O)[C@H]1[C@@H](C(=O)CO)C1(c1ccccc1)c1ccccc1. The second-order valence-electron chi connectivity index (χ2n) is 5.70. The molecule has 0 unspecified atom stereocenters. The summed E-state index contributed by atoms with van der Waals surface area (Å²) in [6.07, 6.45) is 0. The summed E-state index contributed by atoms with van der Waals surface area (Å²) in [5.74, 6) is -1.99. The van der Waals surface area contributed by atoms with Gasteiger partial charge in [0.25, 0.3) is 0 Å². The summed E-state index contributed by atoms with van der Waals surface area (Å²) in [6.45, 7) is -0.584. The zero-order chi connectivity index (χ0) is 16.4. The lowest BCUT2D eigenvalue weighted by atomic mass is 9.83. The Hall–Kier alpha value is -2.46. The van der Waals surface area contributed by atoms with Crippen molar-refractivity contribution in [1.29, 1.82) is 0 Å². The number of aliphatic hydroxyl groups is 1. The molecule has 3 rings (SSSR count). The van der Waals surface area contributed by atoms with Gasteiger partial charge < -0.3 is 9.84 Å². The Morgan fingerprint density at radius 1 is 0.957 bits per heavy atom. The number of aliphatic hydroxyl groups excluding tert-OH is 1. The van der Waals surface area contributed by atoms with Gasteiger partial charge in [0.1, 0.15) is 6.61 Å². The largest absolute Gasteiger partial charge is 0.469 e. The fraction of sp³-hybridized carbons (Fsp3) is 0.263. The first-order valence-electron chi connectivity index (χ1n) is 7.50. The van der Waals surface area contributed by atoms with Crippen LogP contribution < -0.4 is 0 Å². The lowest BCUT2D eigenvalue weighted by Crippen LogP contribution is -2.20. The van der Waals surface area contributed by atoms with E-state index < -0.39 is 29.8 Å². The maximum Gasteiger partial charge on any atom is 0.310 e. The predicted molar refractivity (Wildman–Crippen MR) is 84.8 cm³/mol. The zero-order valence-electron chi connectivity index (χ0n) is 12.8. The average Bonchev–Trinajstić information content (AvgIpc) is 3.33. The van der Waals surface area contributed by atoms with Crippen molar-refractivity contribution in [2.24, 2.45) is 11.8 Å². The summed E-state index contributed by atoms with van der Waals surface area (Å²) in [4.78, 5) is 24.6. The molecule has 118 valence electrons. The third kappa shape index (κ3) is 2.26. The van der Waals surface area contributed by atoms with Crippen LogP contribution in [0.2, 0.25) is 0 Å². The standard InChI is InChI=1S/C19H18O4/c1-23-18(22)17-16(15(21)12-20)19(17,13-8-4-2-5-9-13)14-10-6-3-7-11-14/h2-11,16-17,20H,12H2,1H3/t16-,17-/m1/s1. The number of rotatable bonds is 5. The van der Waals surface area contributed by atoms with Crippen LogP contribution in [0.25, 0.3) is 0 Å². The zero-order valence-corrected chi connectivity index (χ0v) is 12.8. The lowest BCUT2D eigenvalue weighted by molar-refractivity contribution is -0.143. The number of hydrogen-bond donors (Lipinski definition) is 1. The number of Topliss-reactive ketones (excluding diaryl/α,β-unsaturated/α-hetero) is 1. The van der Waals surface area contributed by atoms with Crippen molar-refractivity contribution in [1.82, 2.24) is 0 Å². The number of benzene rings is 2. The third-order valence-electron chi connectivity index (χ3n) is 4.67. The summed E-state index contributed by atoms with van der Waals surface area (Å²) < 4.78 is 4.92. The van der Waals surface area contributed by atoms with Gasteiger partial charge in [0.15, 0.2) is 5.78 Å². The number of ether oxygens (including phenoxy) is 1. The smallest absolute Gasteiger partial charge is 0.310 e. The molecular weight excluding hydrogens is 292 g/mol. The van der Waals surface area contributed by atoms with E-state index in [-0.39, 0.29) is 5.78 Å². The Bertz CT molecular complexity index is 645. The number of esters is 1. The Balaban J connectivity index is 2.20. The van der Waals surface area contributed by atoms with Gasteiger partial charge in [-0.1, -0.05) is 60.7 Å². The van der Waals surface area contributed by atoms with Gasteiger partial charge in [0.05, 0.1) is 13.0 Å². The van der Waals surface area contributed by atoms with Crippen molar-refractivity contribution in [3.8, 4) is 0 Å². The summed E-state index contributed by atoms with van der Waals surface area (Å²) in [5, 5.41) is 9.34. The summed E-state index contributed by atoms with van der Waals surface area (Å²) in [5.41, 5.74) is 0.997. The monoisotopic (exact) mass is 310 g/mol. The molecule has 1 fully saturated rings. The van der Waals surface area contributed by atoms with Crippen LogP contribution in [0.15, 0.2) is 60.7 Å². The van der Waals surface area contributed by atoms with Crippen molar-refractivity contribution in [2.45, 2.75) is 5.41 Å². The van der Waals surface area contributed by atoms with E-state index in [2.05, 4.69) is 0 Å². The van der Waals surface area contributed by atoms with Gasteiger partial charge in [0.2, 0.25) is 0 Å². The van der Waals surface area contributed by atoms with Crippen LogP contribution in [0.1, 0.15) is 11.1 Å². The van der Waals surface area contributed by atoms with Gasteiger partial charge >= 0.3 is 5.97 Å². The first-order chi connectivity index (χ1) is 11.2. The molecule has 0 amide bonds. The molecule has 0 aromatic heterocycles. The topological polar surface area (TPSA) is 63.6 Å². The maximum absolute atomic E-state index is 12.3. The summed E-state index contributed by atoms with van der Waals surface area (Å²) in [7, 11) is 1.32. The molecule has 1 aliphatic rings. The first-order valence-corrected chi connectivity index (χ1v) is 7.50. The lowest BCUT2D eigenvalue weighted by Gasteiger charge is -2.19. The maximum atomic E-state index is 12.3. The molecular formula is C19H18O4. The van der Waals surface area contributed by atoms with E-state index >= 15 is 0 Å². The Kier molecular flexibility index (Phi) is 4.01. The Morgan fingerprint density at radius 2 is 1.43 bits per heavy atom. The number of carbonyl (C=O) groups is 2. The van der Waals surface area contributed by atoms with E-state index in [1.165, 1.54) is 7.11 Å². The van der Waals surface area contributed by atoms with Crippen molar-refractivity contribution < 1.29 is 19.4 Å². The molecule has 1 aliphatic carbocycles. The van der Waals surface area contributed by atoms with Crippen LogP contribution in [0.5, 0.6) is 0 Å². The van der Waals surface area contributed by atoms with E-state index in [9.17, 15) is 14.7 Å². The van der Waals surface area contributed by atoms with E-state index in [1.54, 1.807) is 0 Å². The number of carbonyl (C=O) groups excluding carboxylic acids is 2. The van der Waals surface area contributed by atoms with Crippen LogP contribution >= 0.6 is 0 Å². The van der Waals surface area contributed by atoms with Gasteiger partial charge in [-0.3, -0.25) is 9.59 Å². The van der Waals surface area contributed by atoms with Crippen LogP contribution in [0.3, 0.4) is 0 Å². The normalized spacial score (nSPS) is 21.5. The van der Waals surface area contributed by atoms with Crippen molar-refractivity contribution >= 4 is 11.8 Å². The Morgan fingerprint density at radius 3 is 1.83 bits per heavy atom. The average molecular weight is 310 g/mol. The van der Waals surface area contributed by atoms with E-state index in [4.69, 9.17) is 4.74 Å². The number of hydrogen-bond acceptors (Lipinski definition) is 4. The van der Waals surface area contributed by atoms with Crippen LogP contribution in [0.4, 0.5) is 0 Å². The first kappa shape index (κ1) is 15.4. The second-order valence-corrected chi connectivity index (χ2v) is 5.70. The molecule has 0 saturated heterocycles. The predicted octanol–water partition coefficient (Wildman–Crippen LogP) is 1.95. The molecule has 0 bridgehead atoms. The van der Waals surface area contributed by atoms with Gasteiger partial charge in [-0.15, -0.1) is 0 Å². The molecule has 0 spiro atoms. The quantitative estimate of drug-likeness (QED) is 0.858. The molecule has 1 N–H and O–H groups in total. The van der Waals surface area contributed by atoms with Gasteiger partial charge in [-0.2, -0.15) is 0 Å². The van der Waals surface area contributed by atoms with Crippen LogP contribution in [0, 0.1) is 11.8 Å². The fourth-order valence-electron chi connectivity index (χ4n) is 3.69. The molecule has 4 nitrogen and oxygen atoms in total. The molecule has 2 aromatic rings. The highest BCUT2D eigenvalue weighted by atomic mass is 16.5. The van der Waals surface area contributed by atoms with E-state index in [0.717, 1.165) is 11.1 Å². The molecule has 2 atom stereocenters. The van der Waals surface area contributed by atoms with Gasteiger partial charge in [-0.05, 0) is 11.1 Å².